The van der Waals surface area contributed by atoms with Gasteiger partial charge in [-0.25, -0.2) is 0 Å². The molecule has 0 radical (unpaired) electrons. The van der Waals surface area contributed by atoms with E-state index in [9.17, 15) is 13.2 Å². The van der Waals surface area contributed by atoms with Crippen LogP contribution in [0.25, 0.3) is 0 Å². The van der Waals surface area contributed by atoms with Crippen molar-refractivity contribution in [2.75, 3.05) is 0 Å². The Labute approximate surface area is 144 Å². The maximum Gasteiger partial charge on any atom is 0.339 e. The molecule has 0 amide bonds. The third kappa shape index (κ3) is 4.91. The van der Waals surface area contributed by atoms with Gasteiger partial charge in [0.2, 0.25) is 0 Å². The lowest BCUT2D eigenvalue weighted by molar-refractivity contribution is -0.116. The van der Waals surface area contributed by atoms with Crippen LogP contribution in [0.3, 0.4) is 0 Å². The lowest BCUT2D eigenvalue weighted by atomic mass is 10.1. The summed E-state index contributed by atoms with van der Waals surface area (Å²) in [5.41, 5.74) is 1.78. The van der Waals surface area contributed by atoms with E-state index in [0.717, 1.165) is 15.6 Å². The SMILES string of the molecule is CC(=O)CCc1ccc(OS(=O)(=O)c2ccc(Br)c(C)c2)cc1. The Morgan fingerprint density at radius 1 is 1.13 bits per heavy atom. The first-order valence-corrected chi connectivity index (χ1v) is 9.27. The molecule has 6 heteroatoms. The standard InChI is InChI=1S/C17H17BrO4S/c1-12-11-16(9-10-17(12)18)23(20,21)22-15-7-5-14(6-8-15)4-3-13(2)19/h5-11H,3-4H2,1-2H3. The molecule has 0 heterocycles. The van der Waals surface area contributed by atoms with Crippen molar-refractivity contribution in [1.82, 2.24) is 0 Å². The molecule has 0 aromatic heterocycles. The molecule has 0 unspecified atom stereocenters. The molecule has 122 valence electrons. The summed E-state index contributed by atoms with van der Waals surface area (Å²) >= 11 is 3.34. The normalized spacial score (nSPS) is 11.3. The van der Waals surface area contributed by atoms with E-state index in [1.54, 1.807) is 43.3 Å². The number of aryl methyl sites for hydroxylation is 2. The molecule has 4 nitrogen and oxygen atoms in total. The monoisotopic (exact) mass is 396 g/mol. The van der Waals surface area contributed by atoms with Crippen molar-refractivity contribution in [1.29, 1.82) is 0 Å². The molecule has 0 aliphatic carbocycles. The van der Waals surface area contributed by atoms with Crippen LogP contribution in [0.1, 0.15) is 24.5 Å². The minimum atomic E-state index is -3.87. The number of rotatable bonds is 6. The second-order valence-corrected chi connectivity index (χ2v) is 7.70. The summed E-state index contributed by atoms with van der Waals surface area (Å²) in [5, 5.41) is 0. The zero-order chi connectivity index (χ0) is 17.0. The van der Waals surface area contributed by atoms with Crippen LogP contribution in [-0.4, -0.2) is 14.2 Å². The van der Waals surface area contributed by atoms with E-state index in [1.807, 2.05) is 6.92 Å². The van der Waals surface area contributed by atoms with Gasteiger partial charge in [0.05, 0.1) is 0 Å². The van der Waals surface area contributed by atoms with Crippen LogP contribution in [0, 0.1) is 6.92 Å². The van der Waals surface area contributed by atoms with Crippen LogP contribution in [0.2, 0.25) is 0 Å². The highest BCUT2D eigenvalue weighted by molar-refractivity contribution is 9.10. The van der Waals surface area contributed by atoms with Gasteiger partial charge in [-0.3, -0.25) is 0 Å². The number of hydrogen-bond acceptors (Lipinski definition) is 4. The Hall–Kier alpha value is -1.66. The van der Waals surface area contributed by atoms with Gasteiger partial charge in [0, 0.05) is 10.9 Å². The van der Waals surface area contributed by atoms with Crippen LogP contribution in [0.5, 0.6) is 5.75 Å². The molecule has 0 fully saturated rings. The Kier molecular flexibility index (Phi) is 5.59. The molecular formula is C17H17BrO4S. The van der Waals surface area contributed by atoms with Crippen molar-refractivity contribution >= 4 is 31.8 Å². The van der Waals surface area contributed by atoms with E-state index in [0.29, 0.717) is 12.8 Å². The van der Waals surface area contributed by atoms with Gasteiger partial charge < -0.3 is 8.98 Å². The average molecular weight is 397 g/mol. The molecule has 2 aromatic carbocycles. The van der Waals surface area contributed by atoms with E-state index in [2.05, 4.69) is 15.9 Å². The predicted molar refractivity (Wildman–Crippen MR) is 92.1 cm³/mol. The number of benzene rings is 2. The van der Waals surface area contributed by atoms with Gasteiger partial charge in [-0.1, -0.05) is 28.1 Å². The highest BCUT2D eigenvalue weighted by atomic mass is 79.9. The lowest BCUT2D eigenvalue weighted by Gasteiger charge is -2.09. The second kappa shape index (κ2) is 7.27. The summed E-state index contributed by atoms with van der Waals surface area (Å²) in [7, 11) is -3.87. The molecule has 23 heavy (non-hydrogen) atoms. The maximum absolute atomic E-state index is 12.3. The summed E-state index contributed by atoms with van der Waals surface area (Å²) in [6, 6.07) is 11.4. The van der Waals surface area contributed by atoms with Crippen LogP contribution < -0.4 is 4.18 Å². The van der Waals surface area contributed by atoms with Crippen molar-refractivity contribution in [3.8, 4) is 5.75 Å². The van der Waals surface area contributed by atoms with Crippen molar-refractivity contribution in [3.05, 3.63) is 58.1 Å². The molecule has 0 atom stereocenters. The number of halogens is 1. The Bertz CT molecular complexity index is 811. The van der Waals surface area contributed by atoms with Gasteiger partial charge in [-0.2, -0.15) is 8.42 Å². The zero-order valence-electron chi connectivity index (χ0n) is 12.9. The summed E-state index contributed by atoms with van der Waals surface area (Å²) in [6.45, 7) is 3.36. The number of ketones is 1. The highest BCUT2D eigenvalue weighted by Crippen LogP contribution is 2.23. The zero-order valence-corrected chi connectivity index (χ0v) is 15.3. The quantitative estimate of drug-likeness (QED) is 0.691. The largest absolute Gasteiger partial charge is 0.379 e. The van der Waals surface area contributed by atoms with Gasteiger partial charge in [-0.05, 0) is 61.7 Å². The molecule has 0 saturated heterocycles. The van der Waals surface area contributed by atoms with Crippen molar-refractivity contribution < 1.29 is 17.4 Å². The molecule has 2 rings (SSSR count). The Morgan fingerprint density at radius 3 is 2.35 bits per heavy atom. The summed E-state index contributed by atoms with van der Waals surface area (Å²) in [5.74, 6) is 0.371. The molecule has 2 aromatic rings. The molecule has 0 spiro atoms. The topological polar surface area (TPSA) is 60.4 Å². The van der Waals surface area contributed by atoms with Gasteiger partial charge in [-0.15, -0.1) is 0 Å². The first-order valence-electron chi connectivity index (χ1n) is 7.07. The average Bonchev–Trinajstić information content (AvgIpc) is 2.49. The van der Waals surface area contributed by atoms with Gasteiger partial charge >= 0.3 is 10.1 Å². The molecular weight excluding hydrogens is 380 g/mol. The van der Waals surface area contributed by atoms with Crippen LogP contribution >= 0.6 is 15.9 Å². The third-order valence-corrected chi connectivity index (χ3v) is 5.45. The Balaban J connectivity index is 2.13. The number of carbonyl (C=O) groups excluding carboxylic acids is 1. The maximum atomic E-state index is 12.3. The minimum absolute atomic E-state index is 0.110. The summed E-state index contributed by atoms with van der Waals surface area (Å²) in [4.78, 5) is 11.1. The van der Waals surface area contributed by atoms with Crippen molar-refractivity contribution in [3.63, 3.8) is 0 Å². The number of carbonyl (C=O) groups is 1. The van der Waals surface area contributed by atoms with E-state index in [1.165, 1.54) is 6.07 Å². The van der Waals surface area contributed by atoms with Crippen LogP contribution in [0.4, 0.5) is 0 Å². The van der Waals surface area contributed by atoms with Crippen LogP contribution in [0.15, 0.2) is 51.8 Å². The molecule has 0 aliphatic heterocycles. The summed E-state index contributed by atoms with van der Waals surface area (Å²) < 4.78 is 30.6. The van der Waals surface area contributed by atoms with Crippen molar-refractivity contribution in [2.45, 2.75) is 31.6 Å². The Morgan fingerprint density at radius 2 is 1.78 bits per heavy atom. The first-order chi connectivity index (χ1) is 10.8. The predicted octanol–water partition coefficient (Wildman–Crippen LogP) is 4.05. The van der Waals surface area contributed by atoms with E-state index < -0.39 is 10.1 Å². The van der Waals surface area contributed by atoms with Crippen LogP contribution in [-0.2, 0) is 21.3 Å². The van der Waals surface area contributed by atoms with Gasteiger partial charge in [0.1, 0.15) is 16.4 Å². The van der Waals surface area contributed by atoms with E-state index in [4.69, 9.17) is 4.18 Å². The number of hydrogen-bond donors (Lipinski definition) is 0. The lowest BCUT2D eigenvalue weighted by Crippen LogP contribution is -2.10. The van der Waals surface area contributed by atoms with Gasteiger partial charge in [0.15, 0.2) is 0 Å². The fraction of sp³-hybridized carbons (Fsp3) is 0.235. The highest BCUT2D eigenvalue weighted by Gasteiger charge is 2.17. The molecule has 0 N–H and O–H groups in total. The van der Waals surface area contributed by atoms with E-state index >= 15 is 0 Å². The number of Topliss-reactive ketones (excluding diaryl/α,β-unsaturated/α-hetero) is 1. The minimum Gasteiger partial charge on any atom is -0.379 e. The smallest absolute Gasteiger partial charge is 0.339 e. The van der Waals surface area contributed by atoms with Crippen molar-refractivity contribution in [2.24, 2.45) is 0 Å². The third-order valence-electron chi connectivity index (χ3n) is 3.31. The summed E-state index contributed by atoms with van der Waals surface area (Å²) in [6.07, 6.45) is 1.10. The molecule has 0 bridgehead atoms. The van der Waals surface area contributed by atoms with Gasteiger partial charge in [0.25, 0.3) is 0 Å². The second-order valence-electron chi connectivity index (χ2n) is 5.29. The molecule has 0 saturated carbocycles. The fourth-order valence-electron chi connectivity index (χ4n) is 1.98. The fourth-order valence-corrected chi connectivity index (χ4v) is 3.24. The van der Waals surface area contributed by atoms with E-state index in [-0.39, 0.29) is 16.4 Å². The molecule has 0 aliphatic rings. The first kappa shape index (κ1) is 17.7.